The first-order chi connectivity index (χ1) is 18.3. The lowest BCUT2D eigenvalue weighted by molar-refractivity contribution is -0.143. The number of fused-ring (bicyclic) bond motifs is 1. The summed E-state index contributed by atoms with van der Waals surface area (Å²) in [5, 5.41) is 17.6. The maximum absolute atomic E-state index is 14.0. The Bertz CT molecular complexity index is 1330. The van der Waals surface area contributed by atoms with Gasteiger partial charge in [-0.25, -0.2) is 4.79 Å². The van der Waals surface area contributed by atoms with Crippen LogP contribution in [-0.4, -0.2) is 52.2 Å². The van der Waals surface area contributed by atoms with E-state index in [1.54, 1.807) is 34.6 Å². The molecule has 3 rings (SSSR count). The Kier molecular flexibility index (Phi) is 9.35. The molecule has 3 aromatic carbocycles. The number of benzene rings is 3. The van der Waals surface area contributed by atoms with Crippen LogP contribution in [0, 0.1) is 13.8 Å². The topological polar surface area (TPSA) is 108 Å². The van der Waals surface area contributed by atoms with Crippen molar-refractivity contribution in [1.82, 2.24) is 10.2 Å². The summed E-state index contributed by atoms with van der Waals surface area (Å²) in [7, 11) is 0. The van der Waals surface area contributed by atoms with Crippen molar-refractivity contribution in [3.05, 3.63) is 77.4 Å². The molecule has 0 saturated carbocycles. The fraction of sp³-hybridized carbons (Fsp3) is 0.387. The summed E-state index contributed by atoms with van der Waals surface area (Å²) in [6.45, 7) is 11.8. The molecule has 3 amide bonds. The van der Waals surface area contributed by atoms with Crippen molar-refractivity contribution in [2.24, 2.45) is 0 Å². The molecule has 0 bridgehead atoms. The molecule has 0 spiro atoms. The van der Waals surface area contributed by atoms with Crippen LogP contribution in [0.3, 0.4) is 0 Å². The largest absolute Gasteiger partial charge is 0.444 e. The van der Waals surface area contributed by atoms with Crippen LogP contribution in [0.4, 0.5) is 10.5 Å². The third-order valence-corrected chi connectivity index (χ3v) is 6.34. The van der Waals surface area contributed by atoms with Crippen LogP contribution >= 0.6 is 0 Å². The van der Waals surface area contributed by atoms with Crippen molar-refractivity contribution in [1.29, 1.82) is 0 Å². The van der Waals surface area contributed by atoms with Gasteiger partial charge in [0.15, 0.2) is 0 Å². The van der Waals surface area contributed by atoms with Gasteiger partial charge in [0.2, 0.25) is 5.91 Å². The lowest BCUT2D eigenvalue weighted by Gasteiger charge is -2.38. The van der Waals surface area contributed by atoms with E-state index in [4.69, 9.17) is 4.74 Å². The number of aryl methyl sites for hydroxylation is 2. The molecule has 0 radical (unpaired) electrons. The van der Waals surface area contributed by atoms with Gasteiger partial charge in [-0.15, -0.1) is 0 Å². The number of nitrogens with one attached hydrogen (secondary N) is 2. The minimum Gasteiger partial charge on any atom is -0.444 e. The Morgan fingerprint density at radius 1 is 0.923 bits per heavy atom. The highest BCUT2D eigenvalue weighted by Gasteiger charge is 2.39. The summed E-state index contributed by atoms with van der Waals surface area (Å²) in [6.07, 6.45) is -0.831. The summed E-state index contributed by atoms with van der Waals surface area (Å²) in [5.41, 5.74) is 2.18. The van der Waals surface area contributed by atoms with E-state index >= 15 is 0 Å². The number of rotatable bonds is 8. The number of aliphatic hydroxyl groups excluding tert-OH is 1. The summed E-state index contributed by atoms with van der Waals surface area (Å²) in [6, 6.07) is 16.4. The van der Waals surface area contributed by atoms with Crippen LogP contribution in [-0.2, 0) is 14.3 Å². The average molecular weight is 534 g/mol. The molecule has 0 aliphatic heterocycles. The first kappa shape index (κ1) is 29.6. The zero-order chi connectivity index (χ0) is 28.9. The standard InChI is InChI=1S/C31H39N3O5/c1-19(2)34(29(37)25(18-35)33-30(38)39-31(5,6)7)27(26-20(3)11-10-12-21(26)4)28(36)32-24-16-15-22-13-8-9-14-23(22)17-24/h8-17,19,25,27,35H,18H2,1-7H3,(H,32,36)(H,33,38). The number of nitrogens with zero attached hydrogens (tertiary/aromatic N) is 1. The first-order valence-electron chi connectivity index (χ1n) is 13.1. The lowest BCUT2D eigenvalue weighted by Crippen LogP contribution is -2.55. The number of carbonyl (C=O) groups is 3. The first-order valence-corrected chi connectivity index (χ1v) is 13.1. The van der Waals surface area contributed by atoms with E-state index in [9.17, 15) is 19.5 Å². The van der Waals surface area contributed by atoms with E-state index in [1.165, 1.54) is 4.90 Å². The van der Waals surface area contributed by atoms with Crippen LogP contribution in [0.5, 0.6) is 0 Å². The van der Waals surface area contributed by atoms with E-state index in [0.717, 1.165) is 21.9 Å². The molecule has 0 aliphatic carbocycles. The molecule has 0 heterocycles. The molecule has 0 saturated heterocycles. The van der Waals surface area contributed by atoms with Gasteiger partial charge in [-0.1, -0.05) is 48.5 Å². The van der Waals surface area contributed by atoms with Crippen LogP contribution < -0.4 is 10.6 Å². The van der Waals surface area contributed by atoms with Crippen LogP contribution in [0.15, 0.2) is 60.7 Å². The Labute approximate surface area is 230 Å². The normalized spacial score (nSPS) is 13.1. The highest BCUT2D eigenvalue weighted by Crippen LogP contribution is 2.31. The number of ether oxygens (including phenoxy) is 1. The molecule has 3 aromatic rings. The molecule has 8 heteroatoms. The van der Waals surface area contributed by atoms with Crippen molar-refractivity contribution in [2.45, 2.75) is 72.2 Å². The second-order valence-corrected chi connectivity index (χ2v) is 11.0. The number of aliphatic hydroxyl groups is 1. The minimum atomic E-state index is -1.30. The van der Waals surface area contributed by atoms with Gasteiger partial charge in [-0.3, -0.25) is 9.59 Å². The molecule has 2 unspecified atom stereocenters. The average Bonchev–Trinajstić information content (AvgIpc) is 2.84. The maximum atomic E-state index is 14.0. The molecule has 3 N–H and O–H groups in total. The van der Waals surface area contributed by atoms with E-state index in [2.05, 4.69) is 10.6 Å². The summed E-state index contributed by atoms with van der Waals surface area (Å²) < 4.78 is 5.29. The van der Waals surface area contributed by atoms with Gasteiger partial charge in [0.1, 0.15) is 17.7 Å². The summed E-state index contributed by atoms with van der Waals surface area (Å²) in [4.78, 5) is 41.8. The third kappa shape index (κ3) is 7.35. The van der Waals surface area contributed by atoms with E-state index in [0.29, 0.717) is 11.3 Å². The zero-order valence-electron chi connectivity index (χ0n) is 23.7. The zero-order valence-corrected chi connectivity index (χ0v) is 23.7. The SMILES string of the molecule is Cc1cccc(C)c1C(C(=O)Nc1ccc2ccccc2c1)N(C(=O)C(CO)NC(=O)OC(C)(C)C)C(C)C. The van der Waals surface area contributed by atoms with Crippen molar-refractivity contribution >= 4 is 34.4 Å². The Hall–Kier alpha value is -3.91. The van der Waals surface area contributed by atoms with Crippen LogP contribution in [0.25, 0.3) is 10.8 Å². The second-order valence-electron chi connectivity index (χ2n) is 11.0. The summed E-state index contributed by atoms with van der Waals surface area (Å²) in [5.74, 6) is -1.00. The third-order valence-electron chi connectivity index (χ3n) is 6.34. The van der Waals surface area contributed by atoms with Crippen molar-refractivity contribution in [2.75, 3.05) is 11.9 Å². The number of hydrogen-bond acceptors (Lipinski definition) is 5. The van der Waals surface area contributed by atoms with Crippen LogP contribution in [0.1, 0.15) is 57.4 Å². The van der Waals surface area contributed by atoms with Crippen molar-refractivity contribution in [3.8, 4) is 0 Å². The van der Waals surface area contributed by atoms with Gasteiger partial charge in [0, 0.05) is 11.7 Å². The summed E-state index contributed by atoms with van der Waals surface area (Å²) >= 11 is 0. The minimum absolute atomic E-state index is 0.404. The Morgan fingerprint density at radius 2 is 1.54 bits per heavy atom. The van der Waals surface area contributed by atoms with E-state index in [-0.39, 0.29) is 0 Å². The molecule has 208 valence electrons. The number of carbonyl (C=O) groups excluding carboxylic acids is 3. The highest BCUT2D eigenvalue weighted by molar-refractivity contribution is 6.01. The predicted octanol–water partition coefficient (Wildman–Crippen LogP) is 5.26. The lowest BCUT2D eigenvalue weighted by atomic mass is 9.92. The molecule has 0 aromatic heterocycles. The number of alkyl carbamates (subject to hydrolysis) is 1. The van der Waals surface area contributed by atoms with Crippen molar-refractivity contribution < 1.29 is 24.2 Å². The molecular weight excluding hydrogens is 494 g/mol. The van der Waals surface area contributed by atoms with Gasteiger partial charge in [-0.05, 0) is 88.1 Å². The van der Waals surface area contributed by atoms with Gasteiger partial charge >= 0.3 is 6.09 Å². The van der Waals surface area contributed by atoms with Gasteiger partial charge in [0.05, 0.1) is 6.61 Å². The fourth-order valence-electron chi connectivity index (χ4n) is 4.63. The second kappa shape index (κ2) is 12.3. The van der Waals surface area contributed by atoms with Gasteiger partial charge in [0.25, 0.3) is 5.91 Å². The predicted molar refractivity (Wildman–Crippen MR) is 153 cm³/mol. The van der Waals surface area contributed by atoms with Gasteiger partial charge < -0.3 is 25.4 Å². The monoisotopic (exact) mass is 533 g/mol. The smallest absolute Gasteiger partial charge is 0.408 e. The quantitative estimate of drug-likeness (QED) is 0.366. The maximum Gasteiger partial charge on any atom is 0.408 e. The molecule has 0 fully saturated rings. The molecule has 8 nitrogen and oxygen atoms in total. The molecule has 2 atom stereocenters. The highest BCUT2D eigenvalue weighted by atomic mass is 16.6. The number of hydrogen-bond donors (Lipinski definition) is 3. The van der Waals surface area contributed by atoms with E-state index < -0.39 is 48.2 Å². The Morgan fingerprint density at radius 3 is 2.10 bits per heavy atom. The Balaban J connectivity index is 2.03. The molecular formula is C31H39N3O5. The fourth-order valence-corrected chi connectivity index (χ4v) is 4.63. The number of anilines is 1. The van der Waals surface area contributed by atoms with Gasteiger partial charge in [-0.2, -0.15) is 0 Å². The van der Waals surface area contributed by atoms with E-state index in [1.807, 2.05) is 74.5 Å². The number of amides is 3. The van der Waals surface area contributed by atoms with Crippen LogP contribution in [0.2, 0.25) is 0 Å². The van der Waals surface area contributed by atoms with Crippen molar-refractivity contribution in [3.63, 3.8) is 0 Å². The molecule has 39 heavy (non-hydrogen) atoms. The molecule has 0 aliphatic rings.